The van der Waals surface area contributed by atoms with Crippen molar-refractivity contribution in [3.05, 3.63) is 108 Å². The molecule has 1 N–H and O–H groups in total. The number of rotatable bonds is 6. The van der Waals surface area contributed by atoms with Crippen molar-refractivity contribution in [1.82, 2.24) is 13.9 Å². The van der Waals surface area contributed by atoms with Gasteiger partial charge in [0.05, 0.1) is 16.8 Å². The molecule has 34 heavy (non-hydrogen) atoms. The van der Waals surface area contributed by atoms with Crippen LogP contribution in [0, 0.1) is 0 Å². The summed E-state index contributed by atoms with van der Waals surface area (Å²) in [6.45, 7) is 1.44. The zero-order valence-corrected chi connectivity index (χ0v) is 19.1. The zero-order chi connectivity index (χ0) is 23.7. The van der Waals surface area contributed by atoms with Crippen LogP contribution < -0.4 is 0 Å². The van der Waals surface area contributed by atoms with Gasteiger partial charge in [0.2, 0.25) is 10.0 Å². The van der Waals surface area contributed by atoms with Gasteiger partial charge in [-0.1, -0.05) is 42.5 Å². The molecule has 0 atom stereocenters. The lowest BCUT2D eigenvalue weighted by atomic mass is 9.95. The van der Waals surface area contributed by atoms with Crippen LogP contribution >= 0.6 is 0 Å². The largest absolute Gasteiger partial charge is 0.478 e. The van der Waals surface area contributed by atoms with Gasteiger partial charge in [-0.2, -0.15) is 4.31 Å². The fourth-order valence-electron chi connectivity index (χ4n) is 4.22. The van der Waals surface area contributed by atoms with Gasteiger partial charge in [-0.3, -0.25) is 0 Å². The standard InChI is InChI=1S/C26H23N3O4S/c30-26(31)21-7-9-25(10-8-21)34(32,33)29-13-11-23-15-22(5-6-24(23)17-29)20-3-1-19(2-4-20)16-28-14-12-27-18-28/h1-10,12,14-15,18H,11,13,16-17H2,(H,30,31). The maximum absolute atomic E-state index is 13.1. The smallest absolute Gasteiger partial charge is 0.335 e. The van der Waals surface area contributed by atoms with Crippen molar-refractivity contribution in [2.24, 2.45) is 0 Å². The highest BCUT2D eigenvalue weighted by molar-refractivity contribution is 7.89. The molecule has 0 unspecified atom stereocenters. The molecule has 7 nitrogen and oxygen atoms in total. The van der Waals surface area contributed by atoms with E-state index in [1.807, 2.05) is 22.9 Å². The Morgan fingerprint density at radius 3 is 2.35 bits per heavy atom. The summed E-state index contributed by atoms with van der Waals surface area (Å²) in [5.74, 6) is -1.08. The fraction of sp³-hybridized carbons (Fsp3) is 0.154. The number of benzene rings is 3. The van der Waals surface area contributed by atoms with Gasteiger partial charge in [0.1, 0.15) is 0 Å². The molecule has 172 valence electrons. The van der Waals surface area contributed by atoms with E-state index in [9.17, 15) is 13.2 Å². The van der Waals surface area contributed by atoms with Gasteiger partial charge in [0.15, 0.2) is 0 Å². The molecule has 4 aromatic rings. The van der Waals surface area contributed by atoms with Gasteiger partial charge in [0.25, 0.3) is 0 Å². The van der Waals surface area contributed by atoms with Crippen LogP contribution in [-0.4, -0.2) is 39.9 Å². The summed E-state index contributed by atoms with van der Waals surface area (Å²) in [6.07, 6.45) is 6.12. The van der Waals surface area contributed by atoms with Crippen molar-refractivity contribution >= 4 is 16.0 Å². The Bertz CT molecular complexity index is 1430. The number of sulfonamides is 1. The van der Waals surface area contributed by atoms with E-state index in [0.717, 1.165) is 28.8 Å². The second-order valence-electron chi connectivity index (χ2n) is 8.33. The molecular formula is C26H23N3O4S. The second kappa shape index (κ2) is 8.89. The Balaban J connectivity index is 1.32. The number of imidazole rings is 1. The number of aromatic carboxylic acids is 1. The Hall–Kier alpha value is -3.75. The molecule has 0 amide bonds. The summed E-state index contributed by atoms with van der Waals surface area (Å²) < 4.78 is 29.6. The van der Waals surface area contributed by atoms with Gasteiger partial charge in [-0.15, -0.1) is 0 Å². The van der Waals surface area contributed by atoms with Crippen molar-refractivity contribution < 1.29 is 18.3 Å². The molecule has 0 fully saturated rings. The van der Waals surface area contributed by atoms with E-state index < -0.39 is 16.0 Å². The van der Waals surface area contributed by atoms with Gasteiger partial charge in [-0.05, 0) is 58.5 Å². The molecule has 0 bridgehead atoms. The molecule has 1 aromatic heterocycles. The molecule has 8 heteroatoms. The molecule has 0 aliphatic carbocycles. The van der Waals surface area contributed by atoms with Crippen LogP contribution in [-0.2, 0) is 29.5 Å². The van der Waals surface area contributed by atoms with Gasteiger partial charge >= 0.3 is 5.97 Å². The zero-order valence-electron chi connectivity index (χ0n) is 18.3. The lowest BCUT2D eigenvalue weighted by Gasteiger charge is -2.28. The van der Waals surface area contributed by atoms with E-state index in [1.165, 1.54) is 34.1 Å². The molecule has 0 saturated carbocycles. The highest BCUT2D eigenvalue weighted by Gasteiger charge is 2.28. The SMILES string of the molecule is O=C(O)c1ccc(S(=O)(=O)N2CCc3cc(-c4ccc(Cn5ccnc5)cc4)ccc3C2)cc1. The van der Waals surface area contributed by atoms with Gasteiger partial charge in [-0.25, -0.2) is 18.2 Å². The fourth-order valence-corrected chi connectivity index (χ4v) is 5.64. The van der Waals surface area contributed by atoms with Gasteiger partial charge < -0.3 is 9.67 Å². The Morgan fingerprint density at radius 1 is 0.941 bits per heavy atom. The average molecular weight is 474 g/mol. The predicted molar refractivity (Wildman–Crippen MR) is 128 cm³/mol. The highest BCUT2D eigenvalue weighted by Crippen LogP contribution is 2.29. The van der Waals surface area contributed by atoms with Crippen LogP contribution in [0.15, 0.2) is 90.3 Å². The van der Waals surface area contributed by atoms with E-state index in [0.29, 0.717) is 19.5 Å². The molecule has 1 aliphatic rings. The van der Waals surface area contributed by atoms with Crippen molar-refractivity contribution in [2.75, 3.05) is 6.54 Å². The Morgan fingerprint density at radius 2 is 1.68 bits per heavy atom. The maximum atomic E-state index is 13.1. The molecular weight excluding hydrogens is 450 g/mol. The summed E-state index contributed by atoms with van der Waals surface area (Å²) in [6, 6.07) is 20.0. The van der Waals surface area contributed by atoms with E-state index in [-0.39, 0.29) is 10.5 Å². The van der Waals surface area contributed by atoms with Gasteiger partial charge in [0, 0.05) is 32.0 Å². The lowest BCUT2D eigenvalue weighted by Crippen LogP contribution is -2.36. The molecule has 0 saturated heterocycles. The van der Waals surface area contributed by atoms with Crippen LogP contribution in [0.5, 0.6) is 0 Å². The van der Waals surface area contributed by atoms with E-state index >= 15 is 0 Å². The molecule has 0 spiro atoms. The van der Waals surface area contributed by atoms with Crippen molar-refractivity contribution in [1.29, 1.82) is 0 Å². The van der Waals surface area contributed by atoms with E-state index in [1.54, 1.807) is 12.5 Å². The van der Waals surface area contributed by atoms with Crippen molar-refractivity contribution in [3.63, 3.8) is 0 Å². The number of nitrogens with zero attached hydrogens (tertiary/aromatic N) is 3. The number of carboxylic acids is 1. The maximum Gasteiger partial charge on any atom is 0.335 e. The van der Waals surface area contributed by atoms with Crippen LogP contribution in [0.3, 0.4) is 0 Å². The minimum absolute atomic E-state index is 0.0604. The Kier molecular flexibility index (Phi) is 5.77. The molecule has 3 aromatic carbocycles. The third kappa shape index (κ3) is 4.37. The van der Waals surface area contributed by atoms with E-state index in [2.05, 4.69) is 35.3 Å². The van der Waals surface area contributed by atoms with Crippen LogP contribution in [0.25, 0.3) is 11.1 Å². The number of carboxylic acid groups (broad SMARTS) is 1. The predicted octanol–water partition coefficient (Wildman–Crippen LogP) is 4.04. The highest BCUT2D eigenvalue weighted by atomic mass is 32.2. The first-order valence-corrected chi connectivity index (χ1v) is 12.3. The van der Waals surface area contributed by atoms with Crippen LogP contribution in [0.2, 0.25) is 0 Å². The molecule has 0 radical (unpaired) electrons. The first-order valence-electron chi connectivity index (χ1n) is 10.9. The topological polar surface area (TPSA) is 92.5 Å². The van der Waals surface area contributed by atoms with Crippen LogP contribution in [0.4, 0.5) is 0 Å². The summed E-state index contributed by atoms with van der Waals surface area (Å²) >= 11 is 0. The summed E-state index contributed by atoms with van der Waals surface area (Å²) in [5, 5.41) is 9.04. The normalized spacial score (nSPS) is 14.0. The quantitative estimate of drug-likeness (QED) is 0.456. The monoisotopic (exact) mass is 473 g/mol. The number of hydrogen-bond donors (Lipinski definition) is 1. The molecule has 5 rings (SSSR count). The Labute approximate surface area is 198 Å². The summed E-state index contributed by atoms with van der Waals surface area (Å²) in [5.41, 5.74) is 5.60. The van der Waals surface area contributed by atoms with E-state index in [4.69, 9.17) is 5.11 Å². The number of carbonyl (C=O) groups is 1. The minimum Gasteiger partial charge on any atom is -0.478 e. The third-order valence-electron chi connectivity index (χ3n) is 6.13. The van der Waals surface area contributed by atoms with Crippen molar-refractivity contribution in [3.8, 4) is 11.1 Å². The van der Waals surface area contributed by atoms with Crippen molar-refractivity contribution in [2.45, 2.75) is 24.4 Å². The number of hydrogen-bond acceptors (Lipinski definition) is 4. The second-order valence-corrected chi connectivity index (χ2v) is 10.3. The number of fused-ring (bicyclic) bond motifs is 1. The average Bonchev–Trinajstić information content (AvgIpc) is 3.37. The summed E-state index contributed by atoms with van der Waals surface area (Å²) in [7, 11) is -3.70. The molecule has 2 heterocycles. The number of aromatic nitrogens is 2. The molecule has 1 aliphatic heterocycles. The first-order chi connectivity index (χ1) is 16.4. The lowest BCUT2D eigenvalue weighted by molar-refractivity contribution is 0.0696. The third-order valence-corrected chi connectivity index (χ3v) is 7.99. The first kappa shape index (κ1) is 22.1. The minimum atomic E-state index is -3.70. The summed E-state index contributed by atoms with van der Waals surface area (Å²) in [4.78, 5) is 15.2. The van der Waals surface area contributed by atoms with Crippen LogP contribution in [0.1, 0.15) is 27.0 Å².